The topological polar surface area (TPSA) is 81.2 Å². The Morgan fingerprint density at radius 1 is 1.26 bits per heavy atom. The molecule has 2 heterocycles. The maximum atomic E-state index is 12.3. The maximum absolute atomic E-state index is 12.3. The molecule has 1 saturated heterocycles. The van der Waals surface area contributed by atoms with E-state index in [1.807, 2.05) is 55.6 Å². The Bertz CT molecular complexity index is 954. The lowest BCUT2D eigenvalue weighted by molar-refractivity contribution is -0.0804. The van der Waals surface area contributed by atoms with Crippen molar-refractivity contribution >= 4 is 16.8 Å². The first kappa shape index (κ1) is 17.5. The number of aryl methyl sites for hydroxylation is 2. The molecule has 0 aliphatic carbocycles. The van der Waals surface area contributed by atoms with E-state index >= 15 is 0 Å². The molecule has 2 aromatic carbocycles. The molecule has 0 atom stereocenters. The first-order chi connectivity index (χ1) is 13.1. The van der Waals surface area contributed by atoms with Crippen molar-refractivity contribution in [2.24, 2.45) is 0 Å². The van der Waals surface area contributed by atoms with Crippen LogP contribution in [0, 0.1) is 6.92 Å². The molecule has 140 valence electrons. The Morgan fingerprint density at radius 2 is 2.04 bits per heavy atom. The third kappa shape index (κ3) is 3.40. The van der Waals surface area contributed by atoms with E-state index < -0.39 is 5.60 Å². The van der Waals surface area contributed by atoms with Crippen LogP contribution >= 0.6 is 0 Å². The lowest BCUT2D eigenvalue weighted by atomic mass is 9.83. The first-order valence-corrected chi connectivity index (χ1v) is 9.29. The molecule has 0 saturated carbocycles. The van der Waals surface area contributed by atoms with Crippen molar-refractivity contribution in [1.29, 1.82) is 0 Å². The summed E-state index contributed by atoms with van der Waals surface area (Å²) in [6.45, 7) is 3.23. The number of carbonyl (C=O) groups is 1. The van der Waals surface area contributed by atoms with E-state index in [1.165, 1.54) is 5.56 Å². The number of hydrogen-bond donors (Lipinski definition) is 3. The van der Waals surface area contributed by atoms with Crippen LogP contribution in [0.3, 0.4) is 0 Å². The number of rotatable bonds is 5. The minimum Gasteiger partial charge on any atom is -0.381 e. The van der Waals surface area contributed by atoms with Gasteiger partial charge >= 0.3 is 6.03 Å². The van der Waals surface area contributed by atoms with Crippen LogP contribution in [0.1, 0.15) is 23.2 Å². The molecule has 1 aliphatic rings. The quantitative estimate of drug-likeness (QED) is 0.609. The van der Waals surface area contributed by atoms with Crippen LogP contribution in [-0.2, 0) is 12.0 Å². The van der Waals surface area contributed by atoms with Gasteiger partial charge in [0.15, 0.2) is 0 Å². The fourth-order valence-corrected chi connectivity index (χ4v) is 3.74. The molecule has 0 unspecified atom stereocenters. The molecule has 0 radical (unpaired) electrons. The summed E-state index contributed by atoms with van der Waals surface area (Å²) in [5.41, 5.74) is 2.16. The van der Waals surface area contributed by atoms with Gasteiger partial charge in [0.25, 0.3) is 0 Å². The van der Waals surface area contributed by atoms with Crippen LogP contribution in [0.2, 0.25) is 0 Å². The van der Waals surface area contributed by atoms with Crippen molar-refractivity contribution in [1.82, 2.24) is 20.4 Å². The van der Waals surface area contributed by atoms with Crippen molar-refractivity contribution in [2.45, 2.75) is 25.4 Å². The summed E-state index contributed by atoms with van der Waals surface area (Å²) in [6.07, 6.45) is 3.56. The van der Waals surface area contributed by atoms with Gasteiger partial charge in [0.2, 0.25) is 0 Å². The van der Waals surface area contributed by atoms with Gasteiger partial charge in [-0.1, -0.05) is 42.5 Å². The normalized spacial score (nSPS) is 15.6. The van der Waals surface area contributed by atoms with E-state index in [2.05, 4.69) is 15.5 Å². The Morgan fingerprint density at radius 3 is 2.81 bits per heavy atom. The predicted octanol–water partition coefficient (Wildman–Crippen LogP) is 2.72. The number of aromatic amines is 1. The summed E-state index contributed by atoms with van der Waals surface area (Å²) in [4.78, 5) is 14.0. The Balaban J connectivity index is 1.31. The number of likely N-dealkylation sites (tertiary alicyclic amines) is 1. The molecule has 6 nitrogen and oxygen atoms in total. The molecular formula is C21H24N4O2. The zero-order valence-corrected chi connectivity index (χ0v) is 15.4. The zero-order chi connectivity index (χ0) is 18.9. The molecule has 1 aliphatic heterocycles. The van der Waals surface area contributed by atoms with Gasteiger partial charge in [-0.05, 0) is 41.7 Å². The molecule has 6 heteroatoms. The largest absolute Gasteiger partial charge is 0.381 e. The highest BCUT2D eigenvalue weighted by Crippen LogP contribution is 2.36. The molecule has 4 rings (SSSR count). The van der Waals surface area contributed by atoms with Gasteiger partial charge in [0.1, 0.15) is 5.60 Å². The summed E-state index contributed by atoms with van der Waals surface area (Å²) >= 11 is 0. The molecule has 27 heavy (non-hydrogen) atoms. The van der Waals surface area contributed by atoms with Crippen molar-refractivity contribution in [3.05, 3.63) is 65.5 Å². The minimum absolute atomic E-state index is 0.121. The molecule has 1 aromatic heterocycles. The maximum Gasteiger partial charge on any atom is 0.317 e. The van der Waals surface area contributed by atoms with E-state index in [-0.39, 0.29) is 6.03 Å². The second-order valence-corrected chi connectivity index (χ2v) is 7.27. The van der Waals surface area contributed by atoms with Crippen molar-refractivity contribution < 1.29 is 9.90 Å². The molecule has 0 bridgehead atoms. The van der Waals surface area contributed by atoms with E-state index in [0.29, 0.717) is 19.6 Å². The van der Waals surface area contributed by atoms with Gasteiger partial charge in [-0.25, -0.2) is 4.79 Å². The van der Waals surface area contributed by atoms with Crippen LogP contribution in [0.15, 0.2) is 48.7 Å². The van der Waals surface area contributed by atoms with Gasteiger partial charge in [-0.15, -0.1) is 0 Å². The minimum atomic E-state index is -0.980. The summed E-state index contributed by atoms with van der Waals surface area (Å²) in [6, 6.07) is 13.8. The van der Waals surface area contributed by atoms with Crippen LogP contribution in [0.25, 0.3) is 10.8 Å². The molecule has 3 N–H and O–H groups in total. The number of H-pyrrole nitrogens is 1. The van der Waals surface area contributed by atoms with E-state index in [9.17, 15) is 9.90 Å². The summed E-state index contributed by atoms with van der Waals surface area (Å²) < 4.78 is 0. The van der Waals surface area contributed by atoms with Gasteiger partial charge in [0.05, 0.1) is 19.3 Å². The summed E-state index contributed by atoms with van der Waals surface area (Å²) in [7, 11) is 0. The lowest BCUT2D eigenvalue weighted by Crippen LogP contribution is -2.63. The number of β-amino-alcohol motifs (C(OH)–C–C–N with tert-alkyl or cyclic N) is 1. The SMILES string of the molecule is Cc1[nH]ncc1CCCNC(=O)N1CC(O)(c2cccc3ccccc23)C1. The van der Waals surface area contributed by atoms with Gasteiger partial charge < -0.3 is 15.3 Å². The number of nitrogens with one attached hydrogen (secondary N) is 2. The lowest BCUT2D eigenvalue weighted by Gasteiger charge is -2.47. The molecule has 3 aromatic rings. The van der Waals surface area contributed by atoms with Crippen molar-refractivity contribution in [3.63, 3.8) is 0 Å². The van der Waals surface area contributed by atoms with Gasteiger partial charge in [-0.2, -0.15) is 5.10 Å². The van der Waals surface area contributed by atoms with E-state index in [4.69, 9.17) is 0 Å². The predicted molar refractivity (Wildman–Crippen MR) is 104 cm³/mol. The highest BCUT2D eigenvalue weighted by atomic mass is 16.3. The number of aromatic nitrogens is 2. The smallest absolute Gasteiger partial charge is 0.317 e. The van der Waals surface area contributed by atoms with Crippen LogP contribution in [0.4, 0.5) is 4.79 Å². The van der Waals surface area contributed by atoms with Gasteiger partial charge in [0, 0.05) is 12.2 Å². The molecule has 0 spiro atoms. The summed E-state index contributed by atoms with van der Waals surface area (Å²) in [5, 5.41) is 23.0. The number of aliphatic hydroxyl groups is 1. The monoisotopic (exact) mass is 364 g/mol. The Labute approximate surface area is 158 Å². The number of hydrogen-bond acceptors (Lipinski definition) is 3. The number of nitrogens with zero attached hydrogens (tertiary/aromatic N) is 2. The average Bonchev–Trinajstić information content (AvgIpc) is 3.07. The first-order valence-electron chi connectivity index (χ1n) is 9.29. The average molecular weight is 364 g/mol. The number of carbonyl (C=O) groups excluding carboxylic acids is 1. The third-order valence-electron chi connectivity index (χ3n) is 5.32. The van der Waals surface area contributed by atoms with Crippen molar-refractivity contribution in [3.8, 4) is 0 Å². The second-order valence-electron chi connectivity index (χ2n) is 7.27. The molecular weight excluding hydrogens is 340 g/mol. The third-order valence-corrected chi connectivity index (χ3v) is 5.32. The van der Waals surface area contributed by atoms with Crippen LogP contribution in [-0.4, -0.2) is 45.9 Å². The standard InChI is InChI=1S/C21H24N4O2/c1-15-17(12-23-24-15)8-5-11-22-20(26)25-13-21(27,14-25)19-10-4-7-16-6-2-3-9-18(16)19/h2-4,6-7,9-10,12,27H,5,8,11,13-14H2,1H3,(H,22,26)(H,23,24). The Hall–Kier alpha value is -2.86. The number of urea groups is 1. The second kappa shape index (κ2) is 7.04. The Kier molecular flexibility index (Phi) is 4.58. The van der Waals surface area contributed by atoms with E-state index in [1.54, 1.807) is 4.90 Å². The zero-order valence-electron chi connectivity index (χ0n) is 15.4. The highest BCUT2D eigenvalue weighted by Gasteiger charge is 2.45. The van der Waals surface area contributed by atoms with Gasteiger partial charge in [-0.3, -0.25) is 5.10 Å². The summed E-state index contributed by atoms with van der Waals surface area (Å²) in [5.74, 6) is 0. The number of benzene rings is 2. The fraction of sp³-hybridized carbons (Fsp3) is 0.333. The van der Waals surface area contributed by atoms with Crippen LogP contribution < -0.4 is 5.32 Å². The number of fused-ring (bicyclic) bond motifs is 1. The number of amides is 2. The fourth-order valence-electron chi connectivity index (χ4n) is 3.74. The van der Waals surface area contributed by atoms with E-state index in [0.717, 1.165) is 34.9 Å². The van der Waals surface area contributed by atoms with Crippen LogP contribution in [0.5, 0.6) is 0 Å². The van der Waals surface area contributed by atoms with Crippen molar-refractivity contribution in [2.75, 3.05) is 19.6 Å². The highest BCUT2D eigenvalue weighted by molar-refractivity contribution is 5.87. The molecule has 1 fully saturated rings. The molecule has 2 amide bonds.